The summed E-state index contributed by atoms with van der Waals surface area (Å²) in [6.07, 6.45) is 0.651. The molecular weight excluding hydrogens is 230 g/mol. The Morgan fingerprint density at radius 3 is 2.56 bits per heavy atom. The number of carboxylic acid groups (broad SMARTS) is 1. The highest BCUT2D eigenvalue weighted by Crippen LogP contribution is 2.19. The molecule has 0 aromatic heterocycles. The number of nitrogens with two attached hydrogens (primary N) is 1. The first kappa shape index (κ1) is 12.8. The van der Waals surface area contributed by atoms with Crippen molar-refractivity contribution in [2.45, 2.75) is 18.6 Å². The number of carbonyl (C=O) groups is 1. The van der Waals surface area contributed by atoms with Crippen LogP contribution in [0.25, 0.3) is 0 Å². The molecule has 5 heteroatoms. The Bertz CT molecular complexity index is 344. The summed E-state index contributed by atoms with van der Waals surface area (Å²) in [5.74, 6) is -0.409. The van der Waals surface area contributed by atoms with Crippen LogP contribution >= 0.6 is 11.6 Å². The van der Waals surface area contributed by atoms with E-state index in [2.05, 4.69) is 0 Å². The quantitative estimate of drug-likeness (QED) is 0.591. The van der Waals surface area contributed by atoms with Gasteiger partial charge < -0.3 is 9.84 Å². The highest BCUT2D eigenvalue weighted by molar-refractivity contribution is 6.17. The van der Waals surface area contributed by atoms with Crippen LogP contribution in [0.1, 0.15) is 12.8 Å². The molecule has 4 nitrogen and oxygen atoms in total. The van der Waals surface area contributed by atoms with E-state index in [0.29, 0.717) is 18.1 Å². The van der Waals surface area contributed by atoms with E-state index in [1.807, 2.05) is 6.07 Å². The predicted molar refractivity (Wildman–Crippen MR) is 61.6 cm³/mol. The van der Waals surface area contributed by atoms with Crippen LogP contribution in [0, 0.1) is 0 Å². The summed E-state index contributed by atoms with van der Waals surface area (Å²) in [6.45, 7) is 0. The lowest BCUT2D eigenvalue weighted by Crippen LogP contribution is -2.53. The number of benzene rings is 1. The Morgan fingerprint density at radius 1 is 1.44 bits per heavy atom. The molecule has 16 heavy (non-hydrogen) atoms. The lowest BCUT2D eigenvalue weighted by molar-refractivity contribution is -0.155. The first-order valence-electron chi connectivity index (χ1n) is 4.91. The Morgan fingerprint density at radius 2 is 2.06 bits per heavy atom. The summed E-state index contributed by atoms with van der Waals surface area (Å²) in [5, 5.41) is 9.03. The number of alkyl halides is 1. The van der Waals surface area contributed by atoms with E-state index in [1.54, 1.807) is 24.3 Å². The Hall–Kier alpha value is -1.26. The zero-order chi connectivity index (χ0) is 12.0. The Balaban J connectivity index is 2.75. The molecule has 0 bridgehead atoms. The molecule has 0 aliphatic heterocycles. The minimum atomic E-state index is -1.71. The summed E-state index contributed by atoms with van der Waals surface area (Å²) in [6, 6.07) is 8.62. The van der Waals surface area contributed by atoms with Gasteiger partial charge in [-0.05, 0) is 18.6 Å². The molecule has 0 saturated carbocycles. The lowest BCUT2D eigenvalue weighted by atomic mass is 10.1. The number of carboxylic acids is 1. The average molecular weight is 244 g/mol. The minimum Gasteiger partial charge on any atom is -0.477 e. The number of halogens is 1. The fourth-order valence-electron chi connectivity index (χ4n) is 1.23. The molecule has 0 aliphatic rings. The van der Waals surface area contributed by atoms with Crippen molar-refractivity contribution in [3.8, 4) is 5.75 Å². The zero-order valence-corrected chi connectivity index (χ0v) is 9.48. The molecule has 0 amide bonds. The SMILES string of the molecule is NC(CCCCl)(Oc1ccccc1)C(=O)O. The van der Waals surface area contributed by atoms with Crippen molar-refractivity contribution in [3.05, 3.63) is 30.3 Å². The number of para-hydroxylation sites is 1. The van der Waals surface area contributed by atoms with Crippen molar-refractivity contribution in [2.75, 3.05) is 5.88 Å². The summed E-state index contributed by atoms with van der Waals surface area (Å²) in [7, 11) is 0. The maximum Gasteiger partial charge on any atom is 0.363 e. The molecule has 0 heterocycles. The van der Waals surface area contributed by atoms with E-state index in [9.17, 15) is 4.79 Å². The Labute approximate surface area is 99.0 Å². The highest BCUT2D eigenvalue weighted by Gasteiger charge is 2.35. The molecule has 3 N–H and O–H groups in total. The fraction of sp³-hybridized carbons (Fsp3) is 0.364. The van der Waals surface area contributed by atoms with E-state index < -0.39 is 11.7 Å². The molecule has 1 aromatic rings. The fourth-order valence-corrected chi connectivity index (χ4v) is 1.36. The smallest absolute Gasteiger partial charge is 0.363 e. The second-order valence-electron chi connectivity index (χ2n) is 3.40. The molecule has 1 aromatic carbocycles. The monoisotopic (exact) mass is 243 g/mol. The van der Waals surface area contributed by atoms with Crippen molar-refractivity contribution in [1.82, 2.24) is 0 Å². The second-order valence-corrected chi connectivity index (χ2v) is 3.78. The second kappa shape index (κ2) is 5.72. The van der Waals surface area contributed by atoms with Crippen molar-refractivity contribution in [2.24, 2.45) is 5.73 Å². The third kappa shape index (κ3) is 3.40. The van der Waals surface area contributed by atoms with Crippen molar-refractivity contribution in [1.29, 1.82) is 0 Å². The van der Waals surface area contributed by atoms with Crippen LogP contribution in [-0.2, 0) is 4.79 Å². The summed E-state index contributed by atoms with van der Waals surface area (Å²) in [4.78, 5) is 11.0. The normalized spacial score (nSPS) is 14.1. The van der Waals surface area contributed by atoms with Gasteiger partial charge in [-0.3, -0.25) is 5.73 Å². The van der Waals surface area contributed by atoms with Gasteiger partial charge in [0.15, 0.2) is 0 Å². The Kier molecular flexibility index (Phi) is 4.58. The maximum atomic E-state index is 11.0. The van der Waals surface area contributed by atoms with Gasteiger partial charge in [0.1, 0.15) is 5.75 Å². The number of aliphatic carboxylic acids is 1. The molecular formula is C11H14ClNO3. The van der Waals surface area contributed by atoms with E-state index >= 15 is 0 Å². The predicted octanol–water partition coefficient (Wildman–Crippen LogP) is 1.82. The van der Waals surface area contributed by atoms with Gasteiger partial charge in [0.05, 0.1) is 0 Å². The molecule has 1 unspecified atom stereocenters. The van der Waals surface area contributed by atoms with Crippen LogP contribution in [0.2, 0.25) is 0 Å². The summed E-state index contributed by atoms with van der Waals surface area (Å²) in [5.41, 5.74) is 3.97. The van der Waals surface area contributed by atoms with Crippen LogP contribution in [0.4, 0.5) is 0 Å². The van der Waals surface area contributed by atoms with Crippen LogP contribution < -0.4 is 10.5 Å². The molecule has 0 spiro atoms. The van der Waals surface area contributed by atoms with Gasteiger partial charge in [-0.2, -0.15) is 0 Å². The first-order valence-corrected chi connectivity index (χ1v) is 5.44. The molecule has 0 aliphatic carbocycles. The third-order valence-electron chi connectivity index (χ3n) is 2.09. The molecule has 0 radical (unpaired) electrons. The average Bonchev–Trinajstić information content (AvgIpc) is 2.27. The number of ether oxygens (including phenoxy) is 1. The number of hydrogen-bond acceptors (Lipinski definition) is 3. The van der Waals surface area contributed by atoms with E-state index in [-0.39, 0.29) is 6.42 Å². The standard InChI is InChI=1S/C11H14ClNO3/c12-8-4-7-11(13,10(14)15)16-9-5-2-1-3-6-9/h1-3,5-6H,4,7-8,13H2,(H,14,15). The van der Waals surface area contributed by atoms with E-state index in [4.69, 9.17) is 27.2 Å². The lowest BCUT2D eigenvalue weighted by Gasteiger charge is -2.25. The largest absolute Gasteiger partial charge is 0.477 e. The van der Waals surface area contributed by atoms with Crippen LogP contribution in [0.15, 0.2) is 30.3 Å². The molecule has 1 rings (SSSR count). The van der Waals surface area contributed by atoms with Gasteiger partial charge in [-0.1, -0.05) is 18.2 Å². The summed E-state index contributed by atoms with van der Waals surface area (Å²) < 4.78 is 5.29. The topological polar surface area (TPSA) is 72.5 Å². The number of hydrogen-bond donors (Lipinski definition) is 2. The van der Waals surface area contributed by atoms with Crippen LogP contribution in [0.3, 0.4) is 0 Å². The van der Waals surface area contributed by atoms with Gasteiger partial charge in [-0.25, -0.2) is 4.79 Å². The van der Waals surface area contributed by atoms with Gasteiger partial charge in [0.2, 0.25) is 0 Å². The highest BCUT2D eigenvalue weighted by atomic mass is 35.5. The van der Waals surface area contributed by atoms with Gasteiger partial charge in [0.25, 0.3) is 5.72 Å². The van der Waals surface area contributed by atoms with Gasteiger partial charge in [0, 0.05) is 12.3 Å². The van der Waals surface area contributed by atoms with Crippen LogP contribution in [0.5, 0.6) is 5.75 Å². The van der Waals surface area contributed by atoms with Gasteiger partial charge >= 0.3 is 5.97 Å². The zero-order valence-electron chi connectivity index (χ0n) is 8.73. The van der Waals surface area contributed by atoms with E-state index in [0.717, 1.165) is 0 Å². The third-order valence-corrected chi connectivity index (χ3v) is 2.35. The van der Waals surface area contributed by atoms with Crippen LogP contribution in [-0.4, -0.2) is 22.7 Å². The minimum absolute atomic E-state index is 0.167. The molecule has 0 saturated heterocycles. The van der Waals surface area contributed by atoms with Gasteiger partial charge in [-0.15, -0.1) is 11.6 Å². The summed E-state index contributed by atoms with van der Waals surface area (Å²) >= 11 is 5.51. The van der Waals surface area contributed by atoms with E-state index in [1.165, 1.54) is 0 Å². The molecule has 88 valence electrons. The molecule has 1 atom stereocenters. The van der Waals surface area contributed by atoms with Crippen molar-refractivity contribution in [3.63, 3.8) is 0 Å². The molecule has 0 fully saturated rings. The van der Waals surface area contributed by atoms with Crippen molar-refractivity contribution >= 4 is 17.6 Å². The first-order chi connectivity index (χ1) is 7.58. The van der Waals surface area contributed by atoms with Crippen molar-refractivity contribution < 1.29 is 14.6 Å². The maximum absolute atomic E-state index is 11.0. The number of rotatable bonds is 6.